The van der Waals surface area contributed by atoms with Crippen LogP contribution in [0.1, 0.15) is 19.3 Å². The zero-order chi connectivity index (χ0) is 8.10. The summed E-state index contributed by atoms with van der Waals surface area (Å²) in [6.07, 6.45) is 2.94. The van der Waals surface area contributed by atoms with Crippen LogP contribution < -0.4 is 0 Å². The van der Waals surface area contributed by atoms with Crippen LogP contribution in [0.2, 0.25) is 0 Å². The second-order valence-electron chi connectivity index (χ2n) is 3.08. The van der Waals surface area contributed by atoms with Gasteiger partial charge in [-0.2, -0.15) is 0 Å². The highest BCUT2D eigenvalue weighted by Crippen LogP contribution is 2.14. The van der Waals surface area contributed by atoms with Crippen LogP contribution in [0, 0.1) is 0 Å². The topological polar surface area (TPSA) is 3.24 Å². The molecule has 1 aliphatic heterocycles. The molecule has 0 aromatic carbocycles. The highest BCUT2D eigenvalue weighted by Gasteiger charge is 2.16. The lowest BCUT2D eigenvalue weighted by Gasteiger charge is -2.29. The van der Waals surface area contributed by atoms with Gasteiger partial charge in [0.15, 0.2) is 0 Å². The summed E-state index contributed by atoms with van der Waals surface area (Å²) in [4.78, 5) is 2.25. The number of rotatable bonds is 3. The van der Waals surface area contributed by atoms with Crippen molar-refractivity contribution >= 4 is 11.6 Å². The molecule has 0 aliphatic carbocycles. The lowest BCUT2D eigenvalue weighted by Crippen LogP contribution is -2.36. The van der Waals surface area contributed by atoms with E-state index in [2.05, 4.69) is 4.90 Å². The molecule has 0 bridgehead atoms. The largest absolute Gasteiger partial charge is 0.302 e. The number of nitrogens with zero attached hydrogens (tertiary/aromatic N) is 1. The molecule has 0 spiro atoms. The summed E-state index contributed by atoms with van der Waals surface area (Å²) in [6, 6.07) is 0. The lowest BCUT2D eigenvalue weighted by molar-refractivity contribution is 0.222. The summed E-state index contributed by atoms with van der Waals surface area (Å²) in [7, 11) is 0. The molecule has 0 aromatic rings. The molecule has 66 valence electrons. The van der Waals surface area contributed by atoms with E-state index in [0.717, 1.165) is 26.1 Å². The molecular formula is C8H15ClFN. The van der Waals surface area contributed by atoms with Gasteiger partial charge in [-0.3, -0.25) is 4.39 Å². The second kappa shape index (κ2) is 4.94. The van der Waals surface area contributed by atoms with E-state index in [1.54, 1.807) is 0 Å². The molecule has 1 atom stereocenters. The molecule has 1 aliphatic rings. The Bertz CT molecular complexity index is 110. The van der Waals surface area contributed by atoms with Gasteiger partial charge in [0, 0.05) is 18.5 Å². The maximum absolute atomic E-state index is 11.8. The fraction of sp³-hybridized carbons (Fsp3) is 1.00. The van der Waals surface area contributed by atoms with Crippen molar-refractivity contribution in [2.24, 2.45) is 0 Å². The average Bonchev–Trinajstić information content (AvgIpc) is 2.01. The maximum atomic E-state index is 11.8. The molecule has 11 heavy (non-hydrogen) atoms. The minimum Gasteiger partial charge on any atom is -0.302 e. The summed E-state index contributed by atoms with van der Waals surface area (Å²) in [6.45, 7) is 2.72. The molecule has 3 heteroatoms. The molecule has 1 heterocycles. The van der Waals surface area contributed by atoms with Crippen molar-refractivity contribution in [2.75, 3.05) is 26.3 Å². The van der Waals surface area contributed by atoms with Gasteiger partial charge in [-0.15, -0.1) is 11.6 Å². The zero-order valence-electron chi connectivity index (χ0n) is 6.73. The Morgan fingerprint density at radius 1 is 1.55 bits per heavy atom. The van der Waals surface area contributed by atoms with Gasteiger partial charge in [0.2, 0.25) is 0 Å². The van der Waals surface area contributed by atoms with Crippen molar-refractivity contribution in [1.82, 2.24) is 4.90 Å². The number of alkyl halides is 2. The molecule has 1 saturated heterocycles. The van der Waals surface area contributed by atoms with Crippen molar-refractivity contribution in [3.05, 3.63) is 0 Å². The van der Waals surface area contributed by atoms with E-state index in [1.807, 2.05) is 0 Å². The van der Waals surface area contributed by atoms with Crippen molar-refractivity contribution < 1.29 is 4.39 Å². The summed E-state index contributed by atoms with van der Waals surface area (Å²) in [5.41, 5.74) is 0. The summed E-state index contributed by atoms with van der Waals surface area (Å²) in [5.74, 6) is 0. The predicted molar refractivity (Wildman–Crippen MR) is 45.9 cm³/mol. The van der Waals surface area contributed by atoms with E-state index in [0.29, 0.717) is 11.8 Å². The Labute approximate surface area is 72.5 Å². The molecule has 0 aromatic heterocycles. The normalized spacial score (nSPS) is 27.3. The molecular weight excluding hydrogens is 165 g/mol. The van der Waals surface area contributed by atoms with E-state index < -0.39 is 0 Å². The first kappa shape index (κ1) is 9.27. The first-order chi connectivity index (χ1) is 5.33. The second-order valence-corrected chi connectivity index (χ2v) is 3.70. The molecule has 0 radical (unpaired) electrons. The third-order valence-corrected chi connectivity index (χ3v) is 2.41. The van der Waals surface area contributed by atoms with Crippen LogP contribution in [0.4, 0.5) is 4.39 Å². The Balaban J connectivity index is 2.12. The number of hydrogen-bond acceptors (Lipinski definition) is 1. The third-order valence-electron chi connectivity index (χ3n) is 2.06. The summed E-state index contributed by atoms with van der Waals surface area (Å²) < 4.78 is 11.8. The minimum absolute atomic E-state index is 0.205. The van der Waals surface area contributed by atoms with Crippen LogP contribution in [0.5, 0.6) is 0 Å². The first-order valence-corrected chi connectivity index (χ1v) is 4.69. The Kier molecular flexibility index (Phi) is 4.16. The van der Waals surface area contributed by atoms with Gasteiger partial charge in [0.1, 0.15) is 0 Å². The molecule has 1 rings (SSSR count). The SMILES string of the molecule is FCCCN1CCCC(Cl)C1. The number of piperidine rings is 1. The lowest BCUT2D eigenvalue weighted by atomic mass is 10.1. The van der Waals surface area contributed by atoms with Gasteiger partial charge in [-0.05, 0) is 25.8 Å². The van der Waals surface area contributed by atoms with Gasteiger partial charge in [-0.1, -0.05) is 0 Å². The van der Waals surface area contributed by atoms with E-state index >= 15 is 0 Å². The van der Waals surface area contributed by atoms with Crippen LogP contribution in [0.15, 0.2) is 0 Å². The number of halogens is 2. The third kappa shape index (κ3) is 3.39. The van der Waals surface area contributed by atoms with Gasteiger partial charge in [-0.25, -0.2) is 0 Å². The predicted octanol–water partition coefficient (Wildman–Crippen LogP) is 2.05. The van der Waals surface area contributed by atoms with Crippen molar-refractivity contribution in [3.63, 3.8) is 0 Å². The van der Waals surface area contributed by atoms with E-state index in [-0.39, 0.29) is 6.67 Å². The highest BCUT2D eigenvalue weighted by atomic mass is 35.5. The maximum Gasteiger partial charge on any atom is 0.0906 e. The molecule has 0 N–H and O–H groups in total. The Morgan fingerprint density at radius 3 is 3.00 bits per heavy atom. The average molecular weight is 180 g/mol. The molecule has 1 nitrogen and oxygen atoms in total. The quantitative estimate of drug-likeness (QED) is 0.600. The van der Waals surface area contributed by atoms with Gasteiger partial charge >= 0.3 is 0 Å². The fourth-order valence-electron chi connectivity index (χ4n) is 1.49. The molecule has 0 saturated carbocycles. The van der Waals surface area contributed by atoms with Crippen molar-refractivity contribution in [2.45, 2.75) is 24.6 Å². The zero-order valence-corrected chi connectivity index (χ0v) is 7.49. The Morgan fingerprint density at radius 2 is 2.36 bits per heavy atom. The van der Waals surface area contributed by atoms with Crippen molar-refractivity contribution in [3.8, 4) is 0 Å². The molecule has 1 unspecified atom stereocenters. The number of likely N-dealkylation sites (tertiary alicyclic amines) is 1. The monoisotopic (exact) mass is 179 g/mol. The number of hydrogen-bond donors (Lipinski definition) is 0. The smallest absolute Gasteiger partial charge is 0.0906 e. The minimum atomic E-state index is -0.205. The molecule has 1 fully saturated rings. The summed E-state index contributed by atoms with van der Waals surface area (Å²) >= 11 is 5.95. The van der Waals surface area contributed by atoms with Gasteiger partial charge in [0.25, 0.3) is 0 Å². The first-order valence-electron chi connectivity index (χ1n) is 4.25. The van der Waals surface area contributed by atoms with Crippen LogP contribution in [0.3, 0.4) is 0 Å². The fourth-order valence-corrected chi connectivity index (χ4v) is 1.84. The molecule has 0 amide bonds. The van der Waals surface area contributed by atoms with Crippen LogP contribution in [-0.4, -0.2) is 36.6 Å². The van der Waals surface area contributed by atoms with Crippen LogP contribution in [-0.2, 0) is 0 Å². The standard InChI is InChI=1S/C8H15ClFN/c9-8-3-1-5-11(7-8)6-2-4-10/h8H,1-7H2. The van der Waals surface area contributed by atoms with E-state index in [9.17, 15) is 4.39 Å². The van der Waals surface area contributed by atoms with Crippen LogP contribution in [0.25, 0.3) is 0 Å². The van der Waals surface area contributed by atoms with Gasteiger partial charge in [0.05, 0.1) is 6.67 Å². The van der Waals surface area contributed by atoms with Crippen LogP contribution >= 0.6 is 11.6 Å². The van der Waals surface area contributed by atoms with Crippen molar-refractivity contribution in [1.29, 1.82) is 0 Å². The highest BCUT2D eigenvalue weighted by molar-refractivity contribution is 6.20. The van der Waals surface area contributed by atoms with Gasteiger partial charge < -0.3 is 4.90 Å². The van der Waals surface area contributed by atoms with E-state index in [4.69, 9.17) is 11.6 Å². The summed E-state index contributed by atoms with van der Waals surface area (Å²) in [5, 5.41) is 0.295. The van der Waals surface area contributed by atoms with E-state index in [1.165, 1.54) is 6.42 Å². The Hall–Kier alpha value is 0.180.